The number of aliphatic carboxylic acids is 1. The Morgan fingerprint density at radius 1 is 1.15 bits per heavy atom. The van der Waals surface area contributed by atoms with Gasteiger partial charge in [-0.1, -0.05) is 18.5 Å². The van der Waals surface area contributed by atoms with E-state index in [2.05, 4.69) is 9.88 Å². The SMILES string of the molecule is CC(C(=O)O)[C@@H]1C[C@@H]1c1c(Cl)cc2c(cnn2C2CCCCO2)c1-c1ncc2c(N3CCC[C@@H](O)C3)nc(OC[C@@]34CCCN3C[C@H](F)C4)nc2c1F. The van der Waals surface area contributed by atoms with Crippen LogP contribution in [0.25, 0.3) is 33.1 Å². The van der Waals surface area contributed by atoms with Crippen LogP contribution in [0.5, 0.6) is 6.01 Å². The van der Waals surface area contributed by atoms with E-state index in [1.54, 1.807) is 24.0 Å². The number of anilines is 1. The van der Waals surface area contributed by atoms with Gasteiger partial charge in [0.1, 0.15) is 29.8 Å². The molecule has 1 aliphatic carbocycles. The predicted molar refractivity (Wildman–Crippen MR) is 194 cm³/mol. The van der Waals surface area contributed by atoms with Crippen molar-refractivity contribution in [2.75, 3.05) is 44.3 Å². The number of aromatic nitrogens is 5. The number of hydrogen-bond acceptors (Lipinski definition) is 10. The molecule has 5 aliphatic rings. The average Bonchev–Trinajstić information content (AvgIpc) is 3.49. The average molecular weight is 752 g/mol. The Morgan fingerprint density at radius 3 is 2.81 bits per heavy atom. The van der Waals surface area contributed by atoms with Gasteiger partial charge in [0, 0.05) is 54.8 Å². The third kappa shape index (κ3) is 6.09. The van der Waals surface area contributed by atoms with Crippen molar-refractivity contribution < 1.29 is 33.3 Å². The highest BCUT2D eigenvalue weighted by Crippen LogP contribution is 2.57. The molecular weight excluding hydrogens is 708 g/mol. The van der Waals surface area contributed by atoms with Gasteiger partial charge < -0.3 is 24.6 Å². The molecule has 9 rings (SSSR count). The van der Waals surface area contributed by atoms with E-state index >= 15 is 4.39 Å². The first-order valence-electron chi connectivity index (χ1n) is 19.0. The lowest BCUT2D eigenvalue weighted by Crippen LogP contribution is -2.43. The van der Waals surface area contributed by atoms with Gasteiger partial charge in [0.05, 0.1) is 34.7 Å². The number of carbonyl (C=O) groups is 1. The highest BCUT2D eigenvalue weighted by molar-refractivity contribution is 6.33. The number of fused-ring (bicyclic) bond motifs is 3. The van der Waals surface area contributed by atoms with Crippen LogP contribution in [0, 0.1) is 17.7 Å². The van der Waals surface area contributed by atoms with E-state index in [1.165, 1.54) is 0 Å². The molecule has 0 radical (unpaired) electrons. The molecular formula is C38H44ClF2N7O5. The number of nitrogens with zero attached hydrogens (tertiary/aromatic N) is 7. The lowest BCUT2D eigenvalue weighted by Gasteiger charge is -2.32. The van der Waals surface area contributed by atoms with Gasteiger partial charge in [-0.15, -0.1) is 0 Å². The van der Waals surface area contributed by atoms with Gasteiger partial charge >= 0.3 is 12.0 Å². The number of ether oxygens (including phenoxy) is 2. The van der Waals surface area contributed by atoms with E-state index in [-0.39, 0.29) is 41.9 Å². The Hall–Kier alpha value is -3.72. The van der Waals surface area contributed by atoms with E-state index in [0.717, 1.165) is 45.1 Å². The molecule has 2 N–H and O–H groups in total. The number of carboxylic acids is 1. The first kappa shape index (κ1) is 35.0. The molecule has 15 heteroatoms. The molecule has 1 aromatic carbocycles. The topological polar surface area (TPSA) is 139 Å². The number of piperidine rings is 1. The molecule has 0 spiro atoms. The van der Waals surface area contributed by atoms with E-state index < -0.39 is 35.5 Å². The van der Waals surface area contributed by atoms with Gasteiger partial charge in [0.2, 0.25) is 0 Å². The van der Waals surface area contributed by atoms with Crippen LogP contribution in [0.15, 0.2) is 18.5 Å². The van der Waals surface area contributed by atoms with Crippen LogP contribution in [0.4, 0.5) is 14.6 Å². The first-order valence-corrected chi connectivity index (χ1v) is 19.4. The number of carboxylic acid groups (broad SMARTS) is 1. The zero-order chi connectivity index (χ0) is 36.6. The molecule has 4 aliphatic heterocycles. The summed E-state index contributed by atoms with van der Waals surface area (Å²) in [5.41, 5.74) is 1.32. The summed E-state index contributed by atoms with van der Waals surface area (Å²) in [6.07, 6.45) is 8.22. The van der Waals surface area contributed by atoms with Crippen molar-refractivity contribution >= 4 is 45.2 Å². The van der Waals surface area contributed by atoms with Crippen molar-refractivity contribution in [2.24, 2.45) is 11.8 Å². The van der Waals surface area contributed by atoms with Gasteiger partial charge in [-0.2, -0.15) is 15.1 Å². The van der Waals surface area contributed by atoms with Crippen molar-refractivity contribution in [3.63, 3.8) is 0 Å². The van der Waals surface area contributed by atoms with Crippen LogP contribution < -0.4 is 9.64 Å². The van der Waals surface area contributed by atoms with E-state index in [9.17, 15) is 19.4 Å². The van der Waals surface area contributed by atoms with E-state index in [4.69, 9.17) is 36.1 Å². The maximum Gasteiger partial charge on any atom is 0.319 e. The van der Waals surface area contributed by atoms with Gasteiger partial charge in [0.25, 0.3) is 0 Å². The molecule has 0 bridgehead atoms. The molecule has 4 saturated heterocycles. The summed E-state index contributed by atoms with van der Waals surface area (Å²) in [5, 5.41) is 26.5. The fourth-order valence-corrected chi connectivity index (χ4v) is 9.85. The summed E-state index contributed by atoms with van der Waals surface area (Å²) in [6, 6.07) is 1.80. The minimum absolute atomic E-state index is 0.000960. The number of aliphatic hydroxyl groups is 1. The molecule has 12 nitrogen and oxygen atoms in total. The van der Waals surface area contributed by atoms with Gasteiger partial charge in [0.15, 0.2) is 12.0 Å². The quantitative estimate of drug-likeness (QED) is 0.200. The van der Waals surface area contributed by atoms with E-state index in [1.807, 2.05) is 11.0 Å². The zero-order valence-electron chi connectivity index (χ0n) is 29.7. The van der Waals surface area contributed by atoms with Crippen LogP contribution in [0.2, 0.25) is 5.02 Å². The Morgan fingerprint density at radius 2 is 2.02 bits per heavy atom. The number of alkyl halides is 1. The Balaban J connectivity index is 1.20. The van der Waals surface area contributed by atoms with E-state index in [0.29, 0.717) is 83.8 Å². The number of benzene rings is 1. The Labute approximate surface area is 310 Å². The number of halogens is 3. The minimum Gasteiger partial charge on any atom is -0.481 e. The van der Waals surface area contributed by atoms with Crippen molar-refractivity contribution in [1.29, 1.82) is 0 Å². The normalized spacial score (nSPS) is 29.5. The summed E-state index contributed by atoms with van der Waals surface area (Å²) < 4.78 is 46.3. The number of rotatable bonds is 9. The Bertz CT molecular complexity index is 2080. The van der Waals surface area contributed by atoms with Crippen molar-refractivity contribution in [3.05, 3.63) is 34.9 Å². The predicted octanol–water partition coefficient (Wildman–Crippen LogP) is 6.27. The minimum atomic E-state index is -0.935. The summed E-state index contributed by atoms with van der Waals surface area (Å²) >= 11 is 7.12. The molecule has 7 atom stereocenters. The highest BCUT2D eigenvalue weighted by Gasteiger charge is 2.50. The first-order chi connectivity index (χ1) is 25.6. The monoisotopic (exact) mass is 751 g/mol. The van der Waals surface area contributed by atoms with Crippen LogP contribution in [0.3, 0.4) is 0 Å². The summed E-state index contributed by atoms with van der Waals surface area (Å²) in [4.78, 5) is 30.3. The van der Waals surface area contributed by atoms with Crippen molar-refractivity contribution in [1.82, 2.24) is 29.6 Å². The van der Waals surface area contributed by atoms with Crippen molar-refractivity contribution in [3.8, 4) is 17.3 Å². The van der Waals surface area contributed by atoms with Crippen LogP contribution in [0.1, 0.15) is 82.4 Å². The van der Waals surface area contributed by atoms with Crippen molar-refractivity contribution in [2.45, 2.75) is 94.7 Å². The molecule has 0 amide bonds. The fraction of sp³-hybridized carbons (Fsp3) is 0.605. The maximum atomic E-state index is 17.5. The molecule has 282 valence electrons. The lowest BCUT2D eigenvalue weighted by molar-refractivity contribution is -0.141. The number of hydrogen-bond donors (Lipinski definition) is 2. The largest absolute Gasteiger partial charge is 0.481 e. The summed E-state index contributed by atoms with van der Waals surface area (Å²) in [5.74, 6) is -2.22. The maximum absolute atomic E-state index is 17.5. The lowest BCUT2D eigenvalue weighted by atomic mass is 9.92. The molecule has 7 heterocycles. The zero-order valence-corrected chi connectivity index (χ0v) is 30.4. The van der Waals surface area contributed by atoms with Gasteiger partial charge in [-0.3, -0.25) is 14.7 Å². The third-order valence-corrected chi connectivity index (χ3v) is 12.7. The van der Waals surface area contributed by atoms with Gasteiger partial charge in [-0.05, 0) is 81.4 Å². The molecule has 2 unspecified atom stereocenters. The second-order valence-corrected chi connectivity index (χ2v) is 16.1. The number of aliphatic hydroxyl groups excluding tert-OH is 1. The Kier molecular flexibility index (Phi) is 8.94. The second kappa shape index (κ2) is 13.5. The smallest absolute Gasteiger partial charge is 0.319 e. The molecule has 1 saturated carbocycles. The molecule has 4 aromatic rings. The molecule has 3 aromatic heterocycles. The second-order valence-electron chi connectivity index (χ2n) is 15.7. The molecule has 5 fully saturated rings. The van der Waals surface area contributed by atoms with Crippen LogP contribution in [-0.2, 0) is 9.53 Å². The number of pyridine rings is 1. The summed E-state index contributed by atoms with van der Waals surface area (Å²) in [7, 11) is 0. The van der Waals surface area contributed by atoms with Crippen LogP contribution in [-0.4, -0.2) is 103 Å². The number of β-amino-alcohol motifs (C(OH)–C–C–N with tert-alkyl or cyclic N) is 1. The standard InChI is InChI=1S/C38H44ClF2N7O5/c1-20(36(50)51)23-12-24(23)30-27(39)13-28-25(16-43-48(28)29-7-2-3-11-52-29)31(30)34-32(41)33-26(15-42-34)35(46-9-4-6-22(49)18-46)45-37(44-33)53-19-38-8-5-10-47(38)17-21(40)14-38/h13,15-16,20-24,29,49H,2-12,14,17-19H2,1H3,(H,50,51)/t20?,21-,22-,23+,24+,29?,38+/m1/s1. The molecule has 53 heavy (non-hydrogen) atoms. The summed E-state index contributed by atoms with van der Waals surface area (Å²) in [6.45, 7) is 4.55. The van der Waals surface area contributed by atoms with Crippen LogP contribution >= 0.6 is 11.6 Å². The third-order valence-electron chi connectivity index (χ3n) is 12.4. The fourth-order valence-electron chi connectivity index (χ4n) is 9.51. The highest BCUT2D eigenvalue weighted by atomic mass is 35.5. The van der Waals surface area contributed by atoms with Gasteiger partial charge in [-0.25, -0.2) is 13.5 Å².